The van der Waals surface area contributed by atoms with Crippen LogP contribution in [-0.2, 0) is 11.3 Å². The van der Waals surface area contributed by atoms with Crippen LogP contribution in [0.5, 0.6) is 0 Å². The molecule has 0 aliphatic heterocycles. The molecule has 4 aliphatic carbocycles. The van der Waals surface area contributed by atoms with Crippen molar-refractivity contribution in [2.45, 2.75) is 69.7 Å². The van der Waals surface area contributed by atoms with Gasteiger partial charge in [-0.2, -0.15) is 0 Å². The Bertz CT molecular complexity index is 643. The molecular formula is C22H30N2O2. The Kier molecular flexibility index (Phi) is 4.39. The minimum absolute atomic E-state index is 0.272. The topological polar surface area (TPSA) is 50.4 Å². The predicted octanol–water partition coefficient (Wildman–Crippen LogP) is 3.86. The van der Waals surface area contributed by atoms with Gasteiger partial charge >= 0.3 is 6.09 Å². The number of fused-ring (bicyclic) bond motifs is 5. The summed E-state index contributed by atoms with van der Waals surface area (Å²) in [5, 5.41) is 6.94. The van der Waals surface area contributed by atoms with Crippen molar-refractivity contribution < 1.29 is 9.53 Å². The van der Waals surface area contributed by atoms with Crippen LogP contribution in [0, 0.1) is 23.7 Å². The highest BCUT2D eigenvalue weighted by Crippen LogP contribution is 2.58. The van der Waals surface area contributed by atoms with Gasteiger partial charge < -0.3 is 15.4 Å². The van der Waals surface area contributed by atoms with Gasteiger partial charge in [0.05, 0.1) is 0 Å². The van der Waals surface area contributed by atoms with Gasteiger partial charge in [-0.3, -0.25) is 0 Å². The van der Waals surface area contributed by atoms with Crippen LogP contribution in [0.4, 0.5) is 4.79 Å². The molecule has 0 saturated heterocycles. The maximum absolute atomic E-state index is 11.9. The number of carbonyl (C=O) groups excluding carboxylic acids is 1. The zero-order valence-electron chi connectivity index (χ0n) is 15.4. The van der Waals surface area contributed by atoms with Gasteiger partial charge in [0, 0.05) is 18.1 Å². The van der Waals surface area contributed by atoms with Crippen molar-refractivity contribution in [3.63, 3.8) is 0 Å². The number of hydrogen-bond donors (Lipinski definition) is 2. The van der Waals surface area contributed by atoms with Gasteiger partial charge in [0.15, 0.2) is 0 Å². The Labute approximate surface area is 156 Å². The lowest BCUT2D eigenvalue weighted by Gasteiger charge is -2.41. The van der Waals surface area contributed by atoms with E-state index in [0.29, 0.717) is 12.6 Å². The van der Waals surface area contributed by atoms with Gasteiger partial charge in [0.2, 0.25) is 0 Å². The SMILES string of the molecule is O=C(NC1CC(NC2CC3CC2C2CCCC32)C1)OCc1ccccc1. The highest BCUT2D eigenvalue weighted by Gasteiger charge is 2.54. The fourth-order valence-corrected chi connectivity index (χ4v) is 6.37. The lowest BCUT2D eigenvalue weighted by molar-refractivity contribution is 0.119. The van der Waals surface area contributed by atoms with E-state index in [0.717, 1.165) is 48.1 Å². The van der Waals surface area contributed by atoms with Crippen molar-refractivity contribution in [2.24, 2.45) is 23.7 Å². The summed E-state index contributed by atoms with van der Waals surface area (Å²) in [7, 11) is 0. The minimum atomic E-state index is -0.286. The summed E-state index contributed by atoms with van der Waals surface area (Å²) < 4.78 is 5.32. The number of nitrogens with one attached hydrogen (secondary N) is 2. The highest BCUT2D eigenvalue weighted by atomic mass is 16.5. The Morgan fingerprint density at radius 3 is 2.62 bits per heavy atom. The van der Waals surface area contributed by atoms with Crippen LogP contribution in [0.25, 0.3) is 0 Å². The largest absolute Gasteiger partial charge is 0.445 e. The Morgan fingerprint density at radius 2 is 1.77 bits per heavy atom. The molecule has 2 bridgehead atoms. The van der Waals surface area contributed by atoms with E-state index in [1.54, 1.807) is 0 Å². The normalized spacial score (nSPS) is 40.1. The minimum Gasteiger partial charge on any atom is -0.445 e. The van der Waals surface area contributed by atoms with Crippen molar-refractivity contribution in [2.75, 3.05) is 0 Å². The molecule has 1 aromatic carbocycles. The third-order valence-corrected chi connectivity index (χ3v) is 7.55. The molecule has 0 aromatic heterocycles. The number of alkyl carbamates (subject to hydrolysis) is 1. The number of ether oxygens (including phenoxy) is 1. The van der Waals surface area contributed by atoms with Crippen LogP contribution in [-0.4, -0.2) is 24.2 Å². The smallest absolute Gasteiger partial charge is 0.407 e. The van der Waals surface area contributed by atoms with E-state index < -0.39 is 0 Å². The molecule has 2 N–H and O–H groups in total. The van der Waals surface area contributed by atoms with E-state index in [1.165, 1.54) is 32.1 Å². The number of carbonyl (C=O) groups is 1. The molecule has 4 fully saturated rings. The van der Waals surface area contributed by atoms with Gasteiger partial charge in [-0.1, -0.05) is 36.8 Å². The van der Waals surface area contributed by atoms with Crippen molar-refractivity contribution >= 4 is 6.09 Å². The van der Waals surface area contributed by atoms with Crippen LogP contribution in [0.1, 0.15) is 50.5 Å². The van der Waals surface area contributed by atoms with Crippen molar-refractivity contribution in [1.29, 1.82) is 0 Å². The molecule has 4 nitrogen and oxygen atoms in total. The Morgan fingerprint density at radius 1 is 0.962 bits per heavy atom. The first kappa shape index (κ1) is 16.6. The van der Waals surface area contributed by atoms with E-state index in [9.17, 15) is 4.79 Å². The third kappa shape index (κ3) is 3.13. The van der Waals surface area contributed by atoms with Gasteiger partial charge in [-0.15, -0.1) is 0 Å². The summed E-state index contributed by atoms with van der Waals surface area (Å²) in [6.45, 7) is 0.342. The van der Waals surface area contributed by atoms with E-state index >= 15 is 0 Å². The number of hydrogen-bond acceptors (Lipinski definition) is 3. The lowest BCUT2D eigenvalue weighted by atomic mass is 9.77. The maximum Gasteiger partial charge on any atom is 0.407 e. The lowest BCUT2D eigenvalue weighted by Crippen LogP contribution is -2.56. The van der Waals surface area contributed by atoms with Crippen molar-refractivity contribution in [3.8, 4) is 0 Å². The molecule has 1 aromatic rings. The molecule has 5 atom stereocenters. The molecule has 1 amide bonds. The molecule has 26 heavy (non-hydrogen) atoms. The summed E-state index contributed by atoms with van der Waals surface area (Å²) in [5.41, 5.74) is 1.03. The average Bonchev–Trinajstić information content (AvgIpc) is 3.32. The summed E-state index contributed by atoms with van der Waals surface area (Å²) in [4.78, 5) is 11.9. The number of benzene rings is 1. The van der Waals surface area contributed by atoms with Crippen LogP contribution < -0.4 is 10.6 Å². The highest BCUT2D eigenvalue weighted by molar-refractivity contribution is 5.67. The second kappa shape index (κ2) is 6.88. The zero-order valence-corrected chi connectivity index (χ0v) is 15.4. The van der Waals surface area contributed by atoms with Gasteiger partial charge in [-0.05, 0) is 67.8 Å². The number of rotatable bonds is 5. The first-order valence-electron chi connectivity index (χ1n) is 10.5. The van der Waals surface area contributed by atoms with Gasteiger partial charge in [0.1, 0.15) is 6.61 Å². The fourth-order valence-electron chi connectivity index (χ4n) is 6.37. The van der Waals surface area contributed by atoms with Gasteiger partial charge in [-0.25, -0.2) is 4.79 Å². The van der Waals surface area contributed by atoms with Gasteiger partial charge in [0.25, 0.3) is 0 Å². The first-order chi connectivity index (χ1) is 12.8. The second-order valence-electron chi connectivity index (χ2n) is 9.00. The molecule has 0 heterocycles. The molecule has 0 spiro atoms. The Balaban J connectivity index is 1.02. The Hall–Kier alpha value is -1.55. The molecule has 140 valence electrons. The summed E-state index contributed by atoms with van der Waals surface area (Å²) in [6, 6.07) is 11.4. The van der Waals surface area contributed by atoms with Crippen molar-refractivity contribution in [1.82, 2.24) is 10.6 Å². The summed E-state index contributed by atoms with van der Waals surface area (Å²) in [6.07, 6.45) is 9.13. The molecular weight excluding hydrogens is 324 g/mol. The maximum atomic E-state index is 11.9. The van der Waals surface area contributed by atoms with Crippen LogP contribution in [0.2, 0.25) is 0 Å². The fraction of sp³-hybridized carbons (Fsp3) is 0.682. The monoisotopic (exact) mass is 354 g/mol. The molecule has 0 radical (unpaired) electrons. The predicted molar refractivity (Wildman–Crippen MR) is 101 cm³/mol. The molecule has 4 heteroatoms. The van der Waals surface area contributed by atoms with Crippen LogP contribution in [0.3, 0.4) is 0 Å². The third-order valence-electron chi connectivity index (χ3n) is 7.55. The van der Waals surface area contributed by atoms with E-state index in [-0.39, 0.29) is 12.1 Å². The van der Waals surface area contributed by atoms with Crippen LogP contribution >= 0.6 is 0 Å². The molecule has 4 saturated carbocycles. The molecule has 5 unspecified atom stereocenters. The quantitative estimate of drug-likeness (QED) is 0.844. The van der Waals surface area contributed by atoms with E-state index in [1.807, 2.05) is 30.3 Å². The molecule has 4 aliphatic rings. The summed E-state index contributed by atoms with van der Waals surface area (Å²) in [5.74, 6) is 4.03. The van der Waals surface area contributed by atoms with E-state index in [2.05, 4.69) is 10.6 Å². The van der Waals surface area contributed by atoms with Crippen molar-refractivity contribution in [3.05, 3.63) is 35.9 Å². The standard InChI is InChI=1S/C22H30N2O2/c25-22(26-13-14-5-2-1-3-6-14)24-17-11-16(12-17)23-21-10-15-9-20(21)19-8-4-7-18(15)19/h1-3,5-6,15-21,23H,4,7-13H2,(H,24,25). The summed E-state index contributed by atoms with van der Waals surface area (Å²) >= 11 is 0. The molecule has 5 rings (SSSR count). The first-order valence-corrected chi connectivity index (χ1v) is 10.5. The van der Waals surface area contributed by atoms with Crippen LogP contribution in [0.15, 0.2) is 30.3 Å². The second-order valence-corrected chi connectivity index (χ2v) is 9.00. The average molecular weight is 354 g/mol. The van der Waals surface area contributed by atoms with E-state index in [4.69, 9.17) is 4.74 Å². The zero-order chi connectivity index (χ0) is 17.5. The number of amides is 1.